The number of esters is 2. The van der Waals surface area contributed by atoms with Gasteiger partial charge >= 0.3 is 23.8 Å². The van der Waals surface area contributed by atoms with Gasteiger partial charge in [0.15, 0.2) is 0 Å². The van der Waals surface area contributed by atoms with Gasteiger partial charge in [-0.3, -0.25) is 39.0 Å². The standard InChI is InChI=1S/C48H57N3O14S/c1-7-12-32-44(64-46(58)61-27-30-15-17-35(34(23-30)51(59)60)62-42(55)14-9-8-10-22-50-40(53)19-20-41(50)54)28(2)13-11-21-48(6)39(65-48)25-36(31-16-18-37-33(24-31)49-29(3)66-37)63-43(56)26-38(52)47(4,5)45(32)57/h7,15-20,23-24,28,32,36,38-39,44,52H,1,8-14,21-22,25-27H2,2-6H3. The van der Waals surface area contributed by atoms with Gasteiger partial charge in [-0.2, -0.15) is 0 Å². The number of epoxide rings is 1. The third kappa shape index (κ3) is 12.1. The second-order valence-electron chi connectivity index (χ2n) is 18.0. The first-order chi connectivity index (χ1) is 31.3. The molecular weight excluding hydrogens is 875 g/mol. The maximum atomic E-state index is 14.5. The Morgan fingerprint density at radius 1 is 1.08 bits per heavy atom. The number of imide groups is 1. The fourth-order valence-corrected chi connectivity index (χ4v) is 9.40. The van der Waals surface area contributed by atoms with Crippen LogP contribution in [0.3, 0.4) is 0 Å². The number of hydrogen-bond acceptors (Lipinski definition) is 16. The number of aromatic nitrogens is 1. The van der Waals surface area contributed by atoms with Crippen LogP contribution in [0, 0.1) is 34.3 Å². The maximum absolute atomic E-state index is 14.5. The van der Waals surface area contributed by atoms with Crippen molar-refractivity contribution < 1.29 is 62.5 Å². The monoisotopic (exact) mass is 931 g/mol. The lowest BCUT2D eigenvalue weighted by Gasteiger charge is -2.37. The molecule has 17 nitrogen and oxygen atoms in total. The normalized spacial score (nSPS) is 25.8. The van der Waals surface area contributed by atoms with E-state index in [4.69, 9.17) is 23.7 Å². The number of fused-ring (bicyclic) bond motifs is 2. The molecule has 1 N–H and O–H groups in total. The molecule has 3 aromatic rings. The molecule has 2 fully saturated rings. The minimum absolute atomic E-state index is 0.0640. The summed E-state index contributed by atoms with van der Waals surface area (Å²) in [6.07, 6.45) is 2.28. The molecule has 0 radical (unpaired) electrons. The predicted molar refractivity (Wildman–Crippen MR) is 240 cm³/mol. The Morgan fingerprint density at radius 2 is 1.82 bits per heavy atom. The van der Waals surface area contributed by atoms with E-state index in [1.807, 2.05) is 39.0 Å². The Kier molecular flexibility index (Phi) is 15.9. The van der Waals surface area contributed by atoms with Gasteiger partial charge in [-0.05, 0) is 81.2 Å². The Labute approximate surface area is 386 Å². The molecule has 7 unspecified atom stereocenters. The van der Waals surface area contributed by atoms with Gasteiger partial charge in [-0.15, -0.1) is 17.9 Å². The number of rotatable bonds is 14. The fraction of sp³-hybridized carbons (Fsp3) is 0.521. The number of allylic oxidation sites excluding steroid dienone is 1. The second-order valence-corrected chi connectivity index (χ2v) is 19.3. The van der Waals surface area contributed by atoms with E-state index in [0.29, 0.717) is 44.9 Å². The van der Waals surface area contributed by atoms with Crippen molar-refractivity contribution in [2.45, 2.75) is 135 Å². The quantitative estimate of drug-likeness (QED) is 0.0235. The molecule has 0 spiro atoms. The molecule has 2 aromatic carbocycles. The fourth-order valence-electron chi connectivity index (χ4n) is 8.59. The summed E-state index contributed by atoms with van der Waals surface area (Å²) >= 11 is 1.56. The minimum Gasteiger partial charge on any atom is -0.457 e. The molecule has 354 valence electrons. The van der Waals surface area contributed by atoms with Crippen LogP contribution in [-0.2, 0) is 49.5 Å². The van der Waals surface area contributed by atoms with E-state index in [0.717, 1.165) is 31.8 Å². The number of benzene rings is 2. The van der Waals surface area contributed by atoms with Crippen LogP contribution >= 0.6 is 11.3 Å². The molecule has 3 aliphatic heterocycles. The first-order valence-electron chi connectivity index (χ1n) is 22.2. The Balaban J connectivity index is 1.11. The van der Waals surface area contributed by atoms with E-state index in [1.165, 1.54) is 44.2 Å². The molecule has 6 rings (SSSR count). The van der Waals surface area contributed by atoms with Crippen molar-refractivity contribution in [3.63, 3.8) is 0 Å². The highest BCUT2D eigenvalue weighted by molar-refractivity contribution is 7.18. The SMILES string of the molecule is C=CCC1C(=O)C(C)(C)C(O)CC(=O)OC(c2ccc3sc(C)nc3c2)CC2OC2(C)CCCC(C)C1OC(=O)OCc1ccc(OC(=O)CCCCCN2C(=O)C=CC2=O)c([N+](=O)[O-])c1. The summed E-state index contributed by atoms with van der Waals surface area (Å²) in [7, 11) is 0. The second kappa shape index (κ2) is 21.2. The van der Waals surface area contributed by atoms with Gasteiger partial charge in [0, 0.05) is 37.6 Å². The zero-order chi connectivity index (χ0) is 47.9. The minimum atomic E-state index is -1.52. The molecule has 2 amide bonds. The summed E-state index contributed by atoms with van der Waals surface area (Å²) in [5.41, 5.74) is -0.849. The number of ketones is 1. The number of ether oxygens (including phenoxy) is 5. The number of nitro benzene ring substituents is 1. The molecule has 0 aliphatic carbocycles. The van der Waals surface area contributed by atoms with Crippen molar-refractivity contribution in [3.8, 4) is 5.75 Å². The number of aliphatic hydroxyl groups excluding tert-OH is 1. The van der Waals surface area contributed by atoms with E-state index >= 15 is 0 Å². The van der Waals surface area contributed by atoms with Gasteiger partial charge in [0.2, 0.25) is 5.75 Å². The van der Waals surface area contributed by atoms with Crippen LogP contribution in [0.25, 0.3) is 10.2 Å². The zero-order valence-corrected chi connectivity index (χ0v) is 38.7. The summed E-state index contributed by atoms with van der Waals surface area (Å²) in [5.74, 6) is -4.39. The lowest BCUT2D eigenvalue weighted by Crippen LogP contribution is -2.47. The van der Waals surface area contributed by atoms with Crippen LogP contribution in [0.4, 0.5) is 10.5 Å². The number of hydrogen-bond donors (Lipinski definition) is 1. The number of unbranched alkanes of at least 4 members (excludes halogenated alkanes) is 2. The largest absolute Gasteiger partial charge is 0.508 e. The average Bonchev–Trinajstić information content (AvgIpc) is 3.54. The number of aryl methyl sites for hydroxylation is 1. The van der Waals surface area contributed by atoms with Gasteiger partial charge in [0.05, 0.1) is 55.7 Å². The highest BCUT2D eigenvalue weighted by atomic mass is 32.1. The number of carbonyl (C=O) groups excluding carboxylic acids is 6. The number of amides is 2. The van der Waals surface area contributed by atoms with Gasteiger partial charge in [0.1, 0.15) is 24.6 Å². The number of Topliss-reactive ketones (excluding diaryl/α,β-unsaturated/α-hetero) is 1. The Hall–Kier alpha value is -5.85. The lowest BCUT2D eigenvalue weighted by molar-refractivity contribution is -0.385. The van der Waals surface area contributed by atoms with Gasteiger partial charge < -0.3 is 28.8 Å². The first-order valence-corrected chi connectivity index (χ1v) is 23.0. The number of nitrogens with zero attached hydrogens (tertiary/aromatic N) is 3. The van der Waals surface area contributed by atoms with Crippen molar-refractivity contribution in [2.24, 2.45) is 17.3 Å². The number of aliphatic hydroxyl groups is 1. The van der Waals surface area contributed by atoms with Crippen LogP contribution in [0.2, 0.25) is 0 Å². The van der Waals surface area contributed by atoms with Crippen molar-refractivity contribution in [3.05, 3.63) is 87.5 Å². The topological polar surface area (TPSA) is 231 Å². The summed E-state index contributed by atoms with van der Waals surface area (Å²) in [6.45, 7) is 12.4. The molecule has 4 heterocycles. The van der Waals surface area contributed by atoms with Crippen LogP contribution in [0.15, 0.2) is 61.2 Å². The number of carbonyl (C=O) groups is 6. The van der Waals surface area contributed by atoms with Crippen molar-refractivity contribution in [2.75, 3.05) is 6.54 Å². The third-order valence-corrected chi connectivity index (χ3v) is 13.7. The van der Waals surface area contributed by atoms with E-state index in [-0.39, 0.29) is 48.6 Å². The van der Waals surface area contributed by atoms with Gasteiger partial charge in [-0.1, -0.05) is 51.8 Å². The summed E-state index contributed by atoms with van der Waals surface area (Å²) in [4.78, 5) is 94.6. The first kappa shape index (κ1) is 49.6. The number of nitro groups is 1. The molecule has 66 heavy (non-hydrogen) atoms. The van der Waals surface area contributed by atoms with Crippen LogP contribution in [0.5, 0.6) is 5.75 Å². The van der Waals surface area contributed by atoms with Crippen molar-refractivity contribution in [1.82, 2.24) is 9.88 Å². The molecule has 1 aromatic heterocycles. The molecule has 0 bridgehead atoms. The molecule has 0 saturated carbocycles. The Bertz CT molecular complexity index is 2380. The van der Waals surface area contributed by atoms with E-state index in [9.17, 15) is 44.0 Å². The molecule has 7 atom stereocenters. The lowest BCUT2D eigenvalue weighted by atomic mass is 9.71. The van der Waals surface area contributed by atoms with Crippen LogP contribution in [0.1, 0.15) is 114 Å². The van der Waals surface area contributed by atoms with E-state index in [1.54, 1.807) is 11.3 Å². The van der Waals surface area contributed by atoms with Crippen LogP contribution in [-0.4, -0.2) is 86.1 Å². The van der Waals surface area contributed by atoms with Crippen molar-refractivity contribution >= 4 is 62.9 Å². The zero-order valence-electron chi connectivity index (χ0n) is 37.9. The molecule has 2 saturated heterocycles. The maximum Gasteiger partial charge on any atom is 0.508 e. The molecule has 3 aliphatic rings. The molecular formula is C48H57N3O14S. The highest BCUT2D eigenvalue weighted by Gasteiger charge is 2.53. The summed E-state index contributed by atoms with van der Waals surface area (Å²) in [5, 5.41) is 24.5. The summed E-state index contributed by atoms with van der Waals surface area (Å²) < 4.78 is 30.0. The summed E-state index contributed by atoms with van der Waals surface area (Å²) in [6, 6.07) is 9.49. The smallest absolute Gasteiger partial charge is 0.457 e. The highest BCUT2D eigenvalue weighted by Crippen LogP contribution is 2.47. The number of cyclic esters (lactones) is 1. The van der Waals surface area contributed by atoms with E-state index < -0.39 is 88.7 Å². The van der Waals surface area contributed by atoms with E-state index in [2.05, 4.69) is 11.6 Å². The average molecular weight is 932 g/mol. The van der Waals surface area contributed by atoms with Crippen LogP contribution < -0.4 is 4.74 Å². The molecule has 18 heteroatoms. The van der Waals surface area contributed by atoms with Gasteiger partial charge in [-0.25, -0.2) is 9.78 Å². The third-order valence-electron chi connectivity index (χ3n) is 12.7. The van der Waals surface area contributed by atoms with Gasteiger partial charge in [0.25, 0.3) is 11.8 Å². The number of thiazole rings is 1. The predicted octanol–water partition coefficient (Wildman–Crippen LogP) is 8.12. The van der Waals surface area contributed by atoms with Crippen molar-refractivity contribution in [1.29, 1.82) is 0 Å². The Morgan fingerprint density at radius 3 is 2.53 bits per heavy atom.